The lowest BCUT2D eigenvalue weighted by atomic mass is 10.1. The highest BCUT2D eigenvalue weighted by molar-refractivity contribution is 5.85. The molecule has 0 spiro atoms. The average Bonchev–Trinajstić information content (AvgIpc) is 2.49. The third-order valence-electron chi connectivity index (χ3n) is 2.88. The molecule has 0 aliphatic heterocycles. The lowest BCUT2D eigenvalue weighted by Crippen LogP contribution is -2.00. The van der Waals surface area contributed by atoms with Gasteiger partial charge in [0.25, 0.3) is 0 Å². The maximum absolute atomic E-state index is 5.77. The summed E-state index contributed by atoms with van der Waals surface area (Å²) in [5, 5.41) is 1.30. The molecule has 74 valence electrons. The fourth-order valence-corrected chi connectivity index (χ4v) is 2.17. The largest absolute Gasteiger partial charge is 0.345 e. The van der Waals surface area contributed by atoms with Crippen LogP contribution in [0.15, 0.2) is 24.3 Å². The molecular weight excluding hydrogens is 172 g/mol. The molecule has 1 aromatic heterocycles. The second-order valence-corrected chi connectivity index (χ2v) is 3.53. The topological polar surface area (TPSA) is 30.9 Å². The van der Waals surface area contributed by atoms with Gasteiger partial charge < -0.3 is 10.3 Å². The summed E-state index contributed by atoms with van der Waals surface area (Å²) in [5.41, 5.74) is 9.65. The van der Waals surface area contributed by atoms with Gasteiger partial charge >= 0.3 is 0 Å². The highest BCUT2D eigenvalue weighted by Crippen LogP contribution is 2.24. The van der Waals surface area contributed by atoms with Crippen molar-refractivity contribution in [3.05, 3.63) is 35.5 Å². The first-order chi connectivity index (χ1) is 6.79. The third-order valence-corrected chi connectivity index (χ3v) is 2.88. The zero-order chi connectivity index (χ0) is 10.1. The SMILES string of the molecule is CCn1c(C)c(CN)c2ccccc21. The number of nitrogens with zero attached hydrogens (tertiary/aromatic N) is 1. The van der Waals surface area contributed by atoms with Crippen LogP contribution >= 0.6 is 0 Å². The molecule has 0 radical (unpaired) electrons. The van der Waals surface area contributed by atoms with Crippen LogP contribution in [0.4, 0.5) is 0 Å². The first kappa shape index (κ1) is 9.28. The van der Waals surface area contributed by atoms with E-state index >= 15 is 0 Å². The summed E-state index contributed by atoms with van der Waals surface area (Å²) in [6.07, 6.45) is 0. The number of benzene rings is 1. The molecule has 0 saturated heterocycles. The Morgan fingerprint density at radius 2 is 2.00 bits per heavy atom. The van der Waals surface area contributed by atoms with Crippen molar-refractivity contribution >= 4 is 10.9 Å². The van der Waals surface area contributed by atoms with Gasteiger partial charge in [-0.05, 0) is 25.5 Å². The van der Waals surface area contributed by atoms with Crippen LogP contribution in [0.1, 0.15) is 18.2 Å². The number of hydrogen-bond donors (Lipinski definition) is 1. The molecule has 0 amide bonds. The number of fused-ring (bicyclic) bond motifs is 1. The summed E-state index contributed by atoms with van der Waals surface area (Å²) in [4.78, 5) is 0. The van der Waals surface area contributed by atoms with Crippen LogP contribution in [-0.2, 0) is 13.1 Å². The van der Waals surface area contributed by atoms with Crippen molar-refractivity contribution < 1.29 is 0 Å². The number of nitrogens with two attached hydrogens (primary N) is 1. The Bertz CT molecular complexity index is 414. The van der Waals surface area contributed by atoms with E-state index in [1.165, 1.54) is 22.2 Å². The number of para-hydroxylation sites is 1. The minimum Gasteiger partial charge on any atom is -0.345 e. The zero-order valence-electron chi connectivity index (χ0n) is 8.75. The molecule has 2 rings (SSSR count). The molecule has 0 aliphatic carbocycles. The standard InChI is InChI=1S/C12H16N2/c1-3-14-9(2)11(8-13)10-6-4-5-7-12(10)14/h4-7H,3,8,13H2,1-2H3. The van der Waals surface area contributed by atoms with Crippen LogP contribution in [0.5, 0.6) is 0 Å². The fourth-order valence-electron chi connectivity index (χ4n) is 2.17. The quantitative estimate of drug-likeness (QED) is 0.771. The highest BCUT2D eigenvalue weighted by atomic mass is 15.0. The van der Waals surface area contributed by atoms with E-state index in [1.807, 2.05) is 0 Å². The molecule has 14 heavy (non-hydrogen) atoms. The number of aryl methyl sites for hydroxylation is 1. The van der Waals surface area contributed by atoms with Crippen LogP contribution in [0, 0.1) is 6.92 Å². The molecular formula is C12H16N2. The molecule has 1 aromatic carbocycles. The van der Waals surface area contributed by atoms with Crippen molar-refractivity contribution in [2.24, 2.45) is 5.73 Å². The summed E-state index contributed by atoms with van der Waals surface area (Å²) in [6, 6.07) is 8.46. The Balaban J connectivity index is 2.85. The Morgan fingerprint density at radius 3 is 2.64 bits per heavy atom. The van der Waals surface area contributed by atoms with Crippen LogP contribution in [0.2, 0.25) is 0 Å². The predicted octanol–water partition coefficient (Wildman–Crippen LogP) is 2.43. The van der Waals surface area contributed by atoms with Gasteiger partial charge in [-0.1, -0.05) is 18.2 Å². The maximum Gasteiger partial charge on any atom is 0.0485 e. The smallest absolute Gasteiger partial charge is 0.0485 e. The van der Waals surface area contributed by atoms with E-state index in [9.17, 15) is 0 Å². The summed E-state index contributed by atoms with van der Waals surface area (Å²) < 4.78 is 2.32. The van der Waals surface area contributed by atoms with Gasteiger partial charge in [0.15, 0.2) is 0 Å². The third kappa shape index (κ3) is 1.15. The first-order valence-electron chi connectivity index (χ1n) is 5.06. The second-order valence-electron chi connectivity index (χ2n) is 3.53. The maximum atomic E-state index is 5.77. The van der Waals surface area contributed by atoms with Crippen molar-refractivity contribution in [1.82, 2.24) is 4.57 Å². The summed E-state index contributed by atoms with van der Waals surface area (Å²) in [6.45, 7) is 5.94. The van der Waals surface area contributed by atoms with E-state index in [0.717, 1.165) is 6.54 Å². The summed E-state index contributed by atoms with van der Waals surface area (Å²) >= 11 is 0. The molecule has 0 saturated carbocycles. The molecule has 0 atom stereocenters. The van der Waals surface area contributed by atoms with Crippen LogP contribution in [0.3, 0.4) is 0 Å². The Morgan fingerprint density at radius 1 is 1.29 bits per heavy atom. The molecule has 1 heterocycles. The van der Waals surface area contributed by atoms with Gasteiger partial charge in [0.2, 0.25) is 0 Å². The monoisotopic (exact) mass is 188 g/mol. The Kier molecular flexibility index (Phi) is 2.30. The van der Waals surface area contributed by atoms with E-state index in [2.05, 4.69) is 42.7 Å². The summed E-state index contributed by atoms with van der Waals surface area (Å²) in [5.74, 6) is 0. The van der Waals surface area contributed by atoms with E-state index in [4.69, 9.17) is 5.73 Å². The van der Waals surface area contributed by atoms with Gasteiger partial charge in [-0.2, -0.15) is 0 Å². The van der Waals surface area contributed by atoms with Crippen LogP contribution < -0.4 is 5.73 Å². The summed E-state index contributed by atoms with van der Waals surface area (Å²) in [7, 11) is 0. The predicted molar refractivity (Wildman–Crippen MR) is 60.2 cm³/mol. The minimum atomic E-state index is 0.624. The van der Waals surface area contributed by atoms with Crippen LogP contribution in [-0.4, -0.2) is 4.57 Å². The lowest BCUT2D eigenvalue weighted by molar-refractivity contribution is 0.761. The molecule has 2 N–H and O–H groups in total. The highest BCUT2D eigenvalue weighted by Gasteiger charge is 2.10. The van der Waals surface area contributed by atoms with Crippen molar-refractivity contribution in [2.75, 3.05) is 0 Å². The molecule has 0 fully saturated rings. The first-order valence-corrected chi connectivity index (χ1v) is 5.06. The van der Waals surface area contributed by atoms with Crippen LogP contribution in [0.25, 0.3) is 10.9 Å². The van der Waals surface area contributed by atoms with Gasteiger partial charge in [0.05, 0.1) is 0 Å². The fraction of sp³-hybridized carbons (Fsp3) is 0.333. The molecule has 2 aromatic rings. The number of rotatable bonds is 2. The Labute approximate surface area is 84.3 Å². The van der Waals surface area contributed by atoms with Gasteiger partial charge in [-0.25, -0.2) is 0 Å². The number of aromatic nitrogens is 1. The minimum absolute atomic E-state index is 0.624. The Hall–Kier alpha value is -1.28. The van der Waals surface area contributed by atoms with Crippen molar-refractivity contribution in [2.45, 2.75) is 26.9 Å². The van der Waals surface area contributed by atoms with E-state index in [1.54, 1.807) is 0 Å². The van der Waals surface area contributed by atoms with Crippen molar-refractivity contribution in [1.29, 1.82) is 0 Å². The van der Waals surface area contributed by atoms with E-state index in [-0.39, 0.29) is 0 Å². The molecule has 2 heteroatoms. The van der Waals surface area contributed by atoms with Gasteiger partial charge in [-0.15, -0.1) is 0 Å². The number of hydrogen-bond acceptors (Lipinski definition) is 1. The lowest BCUT2D eigenvalue weighted by Gasteiger charge is -2.03. The molecule has 0 bridgehead atoms. The van der Waals surface area contributed by atoms with Crippen molar-refractivity contribution in [3.63, 3.8) is 0 Å². The van der Waals surface area contributed by atoms with E-state index < -0.39 is 0 Å². The normalized spacial score (nSPS) is 11.1. The second kappa shape index (κ2) is 3.46. The average molecular weight is 188 g/mol. The van der Waals surface area contributed by atoms with E-state index in [0.29, 0.717) is 6.54 Å². The van der Waals surface area contributed by atoms with Gasteiger partial charge in [0.1, 0.15) is 0 Å². The molecule has 2 nitrogen and oxygen atoms in total. The zero-order valence-corrected chi connectivity index (χ0v) is 8.75. The van der Waals surface area contributed by atoms with Crippen molar-refractivity contribution in [3.8, 4) is 0 Å². The molecule has 0 aliphatic rings. The van der Waals surface area contributed by atoms with Gasteiger partial charge in [-0.3, -0.25) is 0 Å². The van der Waals surface area contributed by atoms with Gasteiger partial charge in [0, 0.05) is 29.7 Å². The molecule has 0 unspecified atom stereocenters.